The third-order valence-corrected chi connectivity index (χ3v) is 1.97. The summed E-state index contributed by atoms with van der Waals surface area (Å²) in [4.78, 5) is 26.5. The minimum absolute atomic E-state index is 0.367. The third kappa shape index (κ3) is 3.95. The molecule has 0 saturated heterocycles. The lowest BCUT2D eigenvalue weighted by atomic mass is 10.2. The van der Waals surface area contributed by atoms with E-state index in [1.54, 1.807) is 6.08 Å². The molecule has 4 N–H and O–H groups in total. The van der Waals surface area contributed by atoms with Gasteiger partial charge in [-0.3, -0.25) is 9.78 Å². The van der Waals surface area contributed by atoms with Gasteiger partial charge in [0, 0.05) is 6.20 Å². The van der Waals surface area contributed by atoms with Gasteiger partial charge in [-0.15, -0.1) is 0 Å². The Kier molecular flexibility index (Phi) is 4.56. The first-order chi connectivity index (χ1) is 7.24. The van der Waals surface area contributed by atoms with Gasteiger partial charge < -0.3 is 10.7 Å². The largest absolute Gasteiger partial charge is 0.330 e. The van der Waals surface area contributed by atoms with Crippen LogP contribution in [0.4, 0.5) is 0 Å². The van der Waals surface area contributed by atoms with Crippen LogP contribution in [0.2, 0.25) is 0 Å². The maximum absolute atomic E-state index is 11.2. The quantitative estimate of drug-likeness (QED) is 0.605. The molecule has 0 spiro atoms. The number of hydrogen-bond acceptors (Lipinski definition) is 3. The molecule has 0 aliphatic rings. The first-order valence-corrected chi connectivity index (χ1v) is 4.92. The number of rotatable bonds is 5. The van der Waals surface area contributed by atoms with Gasteiger partial charge in [-0.25, -0.2) is 4.79 Å². The van der Waals surface area contributed by atoms with Crippen molar-refractivity contribution < 1.29 is 0 Å². The van der Waals surface area contributed by atoms with E-state index in [4.69, 9.17) is 5.73 Å². The van der Waals surface area contributed by atoms with E-state index in [2.05, 4.69) is 9.97 Å². The molecule has 15 heavy (non-hydrogen) atoms. The van der Waals surface area contributed by atoms with E-state index in [9.17, 15) is 9.59 Å². The standard InChI is InChI=1S/C10H15N3O2/c11-6-4-2-1-3-5-8-7-12-10(15)13-9(8)14/h3,5,7H,1-2,4,6,11H2,(H2,12,13,14,15). The predicted molar refractivity (Wildman–Crippen MR) is 59.6 cm³/mol. The second kappa shape index (κ2) is 5.98. The van der Waals surface area contributed by atoms with E-state index in [-0.39, 0.29) is 5.56 Å². The van der Waals surface area contributed by atoms with Gasteiger partial charge in [-0.05, 0) is 25.8 Å². The Morgan fingerprint density at radius 3 is 2.80 bits per heavy atom. The number of hydrogen-bond donors (Lipinski definition) is 3. The smallest absolute Gasteiger partial charge is 0.325 e. The average molecular weight is 209 g/mol. The van der Waals surface area contributed by atoms with Gasteiger partial charge in [0.15, 0.2) is 0 Å². The van der Waals surface area contributed by atoms with Crippen LogP contribution in [0.25, 0.3) is 6.08 Å². The molecule has 0 atom stereocenters. The SMILES string of the molecule is NCCCCC=Cc1c[nH]c(=O)[nH]c1=O. The second-order valence-electron chi connectivity index (χ2n) is 3.21. The molecule has 0 aliphatic carbocycles. The number of unbranched alkanes of at least 4 members (excludes halogenated alkanes) is 2. The minimum atomic E-state index is -0.486. The Balaban J connectivity index is 2.57. The van der Waals surface area contributed by atoms with Crippen LogP contribution in [0, 0.1) is 0 Å². The van der Waals surface area contributed by atoms with Gasteiger partial charge >= 0.3 is 5.69 Å². The molecule has 5 heteroatoms. The number of nitrogens with two attached hydrogens (primary N) is 1. The van der Waals surface area contributed by atoms with Gasteiger partial charge in [-0.2, -0.15) is 0 Å². The molecule has 0 aliphatic heterocycles. The number of aromatic nitrogens is 2. The molecule has 1 aromatic rings. The predicted octanol–water partition coefficient (Wildman–Crippen LogP) is 0.205. The maximum Gasteiger partial charge on any atom is 0.325 e. The highest BCUT2D eigenvalue weighted by molar-refractivity contribution is 5.45. The Bertz CT molecular complexity index is 431. The Morgan fingerprint density at radius 2 is 2.13 bits per heavy atom. The van der Waals surface area contributed by atoms with Crippen molar-refractivity contribution in [3.8, 4) is 0 Å². The van der Waals surface area contributed by atoms with Gasteiger partial charge in [0.05, 0.1) is 5.56 Å². The van der Waals surface area contributed by atoms with Crippen molar-refractivity contribution in [2.24, 2.45) is 5.73 Å². The van der Waals surface area contributed by atoms with Crippen LogP contribution < -0.4 is 17.0 Å². The fourth-order valence-electron chi connectivity index (χ4n) is 1.16. The van der Waals surface area contributed by atoms with Crippen molar-refractivity contribution in [2.45, 2.75) is 19.3 Å². The highest BCUT2D eigenvalue weighted by atomic mass is 16.2. The molecule has 0 saturated carbocycles. The van der Waals surface area contributed by atoms with Crippen molar-refractivity contribution in [3.63, 3.8) is 0 Å². The molecule has 1 aromatic heterocycles. The van der Waals surface area contributed by atoms with Crippen LogP contribution >= 0.6 is 0 Å². The van der Waals surface area contributed by atoms with Crippen LogP contribution in [-0.4, -0.2) is 16.5 Å². The first-order valence-electron chi connectivity index (χ1n) is 4.92. The van der Waals surface area contributed by atoms with Gasteiger partial charge in [0.25, 0.3) is 5.56 Å². The third-order valence-electron chi connectivity index (χ3n) is 1.97. The topological polar surface area (TPSA) is 91.7 Å². The maximum atomic E-state index is 11.2. The van der Waals surface area contributed by atoms with E-state index in [1.807, 2.05) is 6.08 Å². The van der Waals surface area contributed by atoms with E-state index in [0.29, 0.717) is 12.1 Å². The molecule has 1 rings (SSSR count). The lowest BCUT2D eigenvalue weighted by Gasteiger charge is -1.92. The molecule has 0 amide bonds. The molecule has 5 nitrogen and oxygen atoms in total. The molecular weight excluding hydrogens is 194 g/mol. The van der Waals surface area contributed by atoms with E-state index < -0.39 is 5.69 Å². The average Bonchev–Trinajstić information content (AvgIpc) is 2.20. The zero-order valence-corrected chi connectivity index (χ0v) is 8.45. The van der Waals surface area contributed by atoms with E-state index in [0.717, 1.165) is 19.3 Å². The summed E-state index contributed by atoms with van der Waals surface area (Å²) in [7, 11) is 0. The molecule has 82 valence electrons. The van der Waals surface area contributed by atoms with Gasteiger partial charge in [0.1, 0.15) is 0 Å². The van der Waals surface area contributed by atoms with Crippen molar-refractivity contribution in [1.29, 1.82) is 0 Å². The molecule has 0 aromatic carbocycles. The Hall–Kier alpha value is -1.62. The first kappa shape index (κ1) is 11.5. The van der Waals surface area contributed by atoms with Crippen LogP contribution in [0.5, 0.6) is 0 Å². The highest BCUT2D eigenvalue weighted by Crippen LogP contribution is 1.98. The van der Waals surface area contributed by atoms with Gasteiger partial charge in [0.2, 0.25) is 0 Å². The summed E-state index contributed by atoms with van der Waals surface area (Å²) in [6, 6.07) is 0. The Morgan fingerprint density at radius 1 is 1.33 bits per heavy atom. The summed E-state index contributed by atoms with van der Waals surface area (Å²) in [5.74, 6) is 0. The van der Waals surface area contributed by atoms with Crippen molar-refractivity contribution in [3.05, 3.63) is 38.7 Å². The molecule has 0 radical (unpaired) electrons. The minimum Gasteiger partial charge on any atom is -0.330 e. The van der Waals surface area contributed by atoms with Crippen molar-refractivity contribution in [2.75, 3.05) is 6.54 Å². The van der Waals surface area contributed by atoms with Crippen LogP contribution in [-0.2, 0) is 0 Å². The number of allylic oxidation sites excluding steroid dienone is 1. The van der Waals surface area contributed by atoms with Crippen molar-refractivity contribution >= 4 is 6.08 Å². The zero-order valence-electron chi connectivity index (χ0n) is 8.45. The fraction of sp³-hybridized carbons (Fsp3) is 0.400. The van der Waals surface area contributed by atoms with Crippen LogP contribution in [0.15, 0.2) is 21.9 Å². The number of nitrogens with one attached hydrogen (secondary N) is 2. The molecule has 0 fully saturated rings. The van der Waals surface area contributed by atoms with Crippen molar-refractivity contribution in [1.82, 2.24) is 9.97 Å². The number of H-pyrrole nitrogens is 2. The van der Waals surface area contributed by atoms with Gasteiger partial charge in [-0.1, -0.05) is 12.2 Å². The summed E-state index contributed by atoms with van der Waals surface area (Å²) >= 11 is 0. The summed E-state index contributed by atoms with van der Waals surface area (Å²) in [6.45, 7) is 0.688. The molecule has 1 heterocycles. The summed E-state index contributed by atoms with van der Waals surface area (Å²) < 4.78 is 0. The summed E-state index contributed by atoms with van der Waals surface area (Å²) in [6.07, 6.45) is 7.88. The lowest BCUT2D eigenvalue weighted by Crippen LogP contribution is -2.22. The Labute approximate surface area is 87.0 Å². The molecule has 0 unspecified atom stereocenters. The zero-order chi connectivity index (χ0) is 11.1. The van der Waals surface area contributed by atoms with E-state index >= 15 is 0 Å². The summed E-state index contributed by atoms with van der Waals surface area (Å²) in [5, 5.41) is 0. The fourth-order valence-corrected chi connectivity index (χ4v) is 1.16. The summed E-state index contributed by atoms with van der Waals surface area (Å²) in [5.41, 5.74) is 4.95. The number of aromatic amines is 2. The molecule has 0 bridgehead atoms. The van der Waals surface area contributed by atoms with Crippen LogP contribution in [0.3, 0.4) is 0 Å². The monoisotopic (exact) mass is 209 g/mol. The highest BCUT2D eigenvalue weighted by Gasteiger charge is 1.93. The second-order valence-corrected chi connectivity index (χ2v) is 3.21. The normalized spacial score (nSPS) is 11.0. The lowest BCUT2D eigenvalue weighted by molar-refractivity contribution is 0.759. The molecular formula is C10H15N3O2. The van der Waals surface area contributed by atoms with E-state index in [1.165, 1.54) is 6.20 Å². The van der Waals surface area contributed by atoms with Crippen LogP contribution in [0.1, 0.15) is 24.8 Å².